The SMILES string of the molecule is CC(C)(C)C(NC(=O)C1CCOCC1)c1cccs1. The summed E-state index contributed by atoms with van der Waals surface area (Å²) in [7, 11) is 0. The summed E-state index contributed by atoms with van der Waals surface area (Å²) in [5.74, 6) is 0.287. The monoisotopic (exact) mass is 281 g/mol. The largest absolute Gasteiger partial charge is 0.381 e. The number of ether oxygens (including phenoxy) is 1. The van der Waals surface area contributed by atoms with Crippen LogP contribution in [0.1, 0.15) is 44.5 Å². The predicted molar refractivity (Wildman–Crippen MR) is 78.2 cm³/mol. The quantitative estimate of drug-likeness (QED) is 0.922. The fraction of sp³-hybridized carbons (Fsp3) is 0.667. The summed E-state index contributed by atoms with van der Waals surface area (Å²) >= 11 is 1.71. The van der Waals surface area contributed by atoms with Crippen LogP contribution in [0.3, 0.4) is 0 Å². The first-order valence-electron chi connectivity index (χ1n) is 6.90. The van der Waals surface area contributed by atoms with Crippen LogP contribution >= 0.6 is 11.3 Å². The Morgan fingerprint density at radius 1 is 1.42 bits per heavy atom. The molecule has 0 aromatic carbocycles. The number of hydrogen-bond donors (Lipinski definition) is 1. The third kappa shape index (κ3) is 3.80. The van der Waals surface area contributed by atoms with Gasteiger partial charge in [0, 0.05) is 24.0 Å². The predicted octanol–water partition coefficient (Wildman–Crippen LogP) is 3.38. The van der Waals surface area contributed by atoms with Crippen molar-refractivity contribution < 1.29 is 9.53 Å². The summed E-state index contributed by atoms with van der Waals surface area (Å²) in [5.41, 5.74) is 0.0195. The van der Waals surface area contributed by atoms with Gasteiger partial charge in [0.15, 0.2) is 0 Å². The van der Waals surface area contributed by atoms with Crippen LogP contribution in [0.15, 0.2) is 17.5 Å². The van der Waals surface area contributed by atoms with Gasteiger partial charge in [0.25, 0.3) is 0 Å². The third-order valence-electron chi connectivity index (χ3n) is 3.57. The Morgan fingerprint density at radius 2 is 2.11 bits per heavy atom. The van der Waals surface area contributed by atoms with Crippen LogP contribution < -0.4 is 5.32 Å². The molecule has 0 radical (unpaired) electrons. The maximum atomic E-state index is 12.4. The molecule has 1 unspecified atom stereocenters. The Labute approximate surface area is 119 Å². The molecule has 1 aliphatic rings. The van der Waals surface area contributed by atoms with Crippen molar-refractivity contribution in [3.63, 3.8) is 0 Å². The van der Waals surface area contributed by atoms with E-state index in [1.807, 2.05) is 6.07 Å². The average molecular weight is 281 g/mol. The molecule has 0 saturated carbocycles. The van der Waals surface area contributed by atoms with Gasteiger partial charge in [-0.2, -0.15) is 0 Å². The van der Waals surface area contributed by atoms with Gasteiger partial charge in [-0.05, 0) is 29.7 Å². The molecule has 3 nitrogen and oxygen atoms in total. The van der Waals surface area contributed by atoms with Crippen molar-refractivity contribution in [3.8, 4) is 0 Å². The lowest BCUT2D eigenvalue weighted by molar-refractivity contribution is -0.129. The lowest BCUT2D eigenvalue weighted by Gasteiger charge is -2.32. The maximum Gasteiger partial charge on any atom is 0.223 e. The van der Waals surface area contributed by atoms with Crippen molar-refractivity contribution in [3.05, 3.63) is 22.4 Å². The molecule has 1 aromatic heterocycles. The normalized spacial score (nSPS) is 19.1. The molecule has 1 aromatic rings. The van der Waals surface area contributed by atoms with E-state index in [4.69, 9.17) is 4.74 Å². The van der Waals surface area contributed by atoms with Crippen LogP contribution in [0.2, 0.25) is 0 Å². The number of carbonyl (C=O) groups excluding carboxylic acids is 1. The molecule has 1 aliphatic heterocycles. The van der Waals surface area contributed by atoms with Crippen LogP contribution in [-0.2, 0) is 9.53 Å². The molecule has 1 saturated heterocycles. The molecule has 2 rings (SSSR count). The van der Waals surface area contributed by atoms with E-state index in [2.05, 4.69) is 37.5 Å². The Bertz CT molecular complexity index is 402. The smallest absolute Gasteiger partial charge is 0.223 e. The zero-order valence-electron chi connectivity index (χ0n) is 11.9. The highest BCUT2D eigenvalue weighted by Gasteiger charge is 2.31. The van der Waals surface area contributed by atoms with Crippen LogP contribution in [-0.4, -0.2) is 19.1 Å². The van der Waals surface area contributed by atoms with Crippen LogP contribution in [0.4, 0.5) is 0 Å². The highest BCUT2D eigenvalue weighted by molar-refractivity contribution is 7.10. The number of rotatable bonds is 3. The minimum Gasteiger partial charge on any atom is -0.381 e. The minimum atomic E-state index is 0.0195. The summed E-state index contributed by atoms with van der Waals surface area (Å²) < 4.78 is 5.32. The molecule has 0 bridgehead atoms. The average Bonchev–Trinajstić information content (AvgIpc) is 2.88. The van der Waals surface area contributed by atoms with Crippen molar-refractivity contribution in [2.45, 2.75) is 39.7 Å². The van der Waals surface area contributed by atoms with E-state index in [0.29, 0.717) is 13.2 Å². The number of nitrogens with one attached hydrogen (secondary N) is 1. The van der Waals surface area contributed by atoms with Gasteiger partial charge < -0.3 is 10.1 Å². The lowest BCUT2D eigenvalue weighted by atomic mass is 9.85. The summed E-state index contributed by atoms with van der Waals surface area (Å²) in [6.07, 6.45) is 1.68. The van der Waals surface area contributed by atoms with Gasteiger partial charge in [0.05, 0.1) is 6.04 Å². The summed E-state index contributed by atoms with van der Waals surface area (Å²) in [6.45, 7) is 7.92. The highest BCUT2D eigenvalue weighted by Crippen LogP contribution is 2.35. The van der Waals surface area contributed by atoms with Gasteiger partial charge in [-0.15, -0.1) is 11.3 Å². The van der Waals surface area contributed by atoms with Gasteiger partial charge in [-0.1, -0.05) is 26.8 Å². The first-order chi connectivity index (χ1) is 8.98. The van der Waals surface area contributed by atoms with Crippen molar-refractivity contribution in [1.82, 2.24) is 5.32 Å². The van der Waals surface area contributed by atoms with Gasteiger partial charge in [-0.25, -0.2) is 0 Å². The van der Waals surface area contributed by atoms with Gasteiger partial charge in [0.1, 0.15) is 0 Å². The second-order valence-corrected chi connectivity index (χ2v) is 7.19. The summed E-state index contributed by atoms with van der Waals surface area (Å²) in [4.78, 5) is 13.6. The van der Waals surface area contributed by atoms with E-state index in [9.17, 15) is 4.79 Å². The standard InChI is InChI=1S/C15H23NO2S/c1-15(2,3)13(12-5-4-10-19-12)16-14(17)11-6-8-18-9-7-11/h4-5,10-11,13H,6-9H2,1-3H3,(H,16,17). The van der Waals surface area contributed by atoms with E-state index in [1.165, 1.54) is 4.88 Å². The van der Waals surface area contributed by atoms with Crippen LogP contribution in [0.5, 0.6) is 0 Å². The lowest BCUT2D eigenvalue weighted by Crippen LogP contribution is -2.41. The molecule has 0 spiro atoms. The van der Waals surface area contributed by atoms with E-state index >= 15 is 0 Å². The Morgan fingerprint density at radius 3 is 2.63 bits per heavy atom. The molecule has 1 fully saturated rings. The Balaban J connectivity index is 2.06. The molecule has 1 N–H and O–H groups in total. The first-order valence-corrected chi connectivity index (χ1v) is 7.78. The fourth-order valence-electron chi connectivity index (χ4n) is 2.39. The highest BCUT2D eigenvalue weighted by atomic mass is 32.1. The Hall–Kier alpha value is -0.870. The van der Waals surface area contributed by atoms with E-state index in [0.717, 1.165) is 12.8 Å². The van der Waals surface area contributed by atoms with Crippen molar-refractivity contribution in [2.24, 2.45) is 11.3 Å². The molecule has 0 aliphatic carbocycles. The number of carbonyl (C=O) groups is 1. The summed E-state index contributed by atoms with van der Waals surface area (Å²) in [5, 5.41) is 5.31. The number of amides is 1. The topological polar surface area (TPSA) is 38.3 Å². The van der Waals surface area contributed by atoms with E-state index < -0.39 is 0 Å². The van der Waals surface area contributed by atoms with Crippen LogP contribution in [0, 0.1) is 11.3 Å². The minimum absolute atomic E-state index is 0.0195. The van der Waals surface area contributed by atoms with E-state index in [1.54, 1.807) is 11.3 Å². The zero-order valence-corrected chi connectivity index (χ0v) is 12.8. The fourth-order valence-corrected chi connectivity index (χ4v) is 3.41. The van der Waals surface area contributed by atoms with Gasteiger partial charge >= 0.3 is 0 Å². The van der Waals surface area contributed by atoms with Crippen molar-refractivity contribution in [1.29, 1.82) is 0 Å². The zero-order chi connectivity index (χ0) is 13.9. The maximum absolute atomic E-state index is 12.4. The van der Waals surface area contributed by atoms with Gasteiger partial charge in [-0.3, -0.25) is 4.79 Å². The van der Waals surface area contributed by atoms with Crippen molar-refractivity contribution in [2.75, 3.05) is 13.2 Å². The second kappa shape index (κ2) is 6.06. The van der Waals surface area contributed by atoms with E-state index in [-0.39, 0.29) is 23.3 Å². The molecule has 106 valence electrons. The molecule has 19 heavy (non-hydrogen) atoms. The molecule has 1 amide bonds. The molecule has 1 atom stereocenters. The molecular weight excluding hydrogens is 258 g/mol. The van der Waals surface area contributed by atoms with Crippen LogP contribution in [0.25, 0.3) is 0 Å². The third-order valence-corrected chi connectivity index (χ3v) is 4.51. The Kier molecular flexibility index (Phi) is 4.63. The van der Waals surface area contributed by atoms with Gasteiger partial charge in [0.2, 0.25) is 5.91 Å². The van der Waals surface area contributed by atoms with Crippen molar-refractivity contribution >= 4 is 17.2 Å². The first kappa shape index (κ1) is 14.5. The number of thiophene rings is 1. The summed E-state index contributed by atoms with van der Waals surface area (Å²) in [6, 6.07) is 4.23. The second-order valence-electron chi connectivity index (χ2n) is 6.21. The molecule has 4 heteroatoms. The molecular formula is C15H23NO2S. The number of hydrogen-bond acceptors (Lipinski definition) is 3. The molecule has 2 heterocycles.